The zero-order valence-corrected chi connectivity index (χ0v) is 12.9. The van der Waals surface area contributed by atoms with E-state index >= 15 is 0 Å². The van der Waals surface area contributed by atoms with Gasteiger partial charge in [-0.2, -0.15) is 0 Å². The molecule has 2 aromatic rings. The predicted octanol–water partition coefficient (Wildman–Crippen LogP) is 3.94. The quantitative estimate of drug-likeness (QED) is 0.911. The van der Waals surface area contributed by atoms with Crippen molar-refractivity contribution in [3.8, 4) is 0 Å². The maximum Gasteiger partial charge on any atom is 0.322 e. The highest BCUT2D eigenvalue weighted by atomic mass is 19.1. The molecule has 1 atom stereocenters. The van der Waals surface area contributed by atoms with Gasteiger partial charge in [0.25, 0.3) is 0 Å². The molecule has 23 heavy (non-hydrogen) atoms. The highest BCUT2D eigenvalue weighted by molar-refractivity contribution is 5.90. The summed E-state index contributed by atoms with van der Waals surface area (Å²) in [4.78, 5) is 14.1. The third-order valence-electron chi connectivity index (χ3n) is 4.11. The summed E-state index contributed by atoms with van der Waals surface area (Å²) >= 11 is 0. The lowest BCUT2D eigenvalue weighted by Gasteiger charge is -2.25. The van der Waals surface area contributed by atoms with Crippen LogP contribution in [0.3, 0.4) is 0 Å². The third kappa shape index (κ3) is 2.91. The van der Waals surface area contributed by atoms with Gasteiger partial charge in [0.15, 0.2) is 0 Å². The fourth-order valence-electron chi connectivity index (χ4n) is 3.05. The van der Waals surface area contributed by atoms with Crippen molar-refractivity contribution < 1.29 is 18.1 Å². The average molecular weight is 321 g/mol. The summed E-state index contributed by atoms with van der Waals surface area (Å²) in [5, 5.41) is 6.43. The number of hydrogen-bond acceptors (Lipinski definition) is 3. The van der Waals surface area contributed by atoms with Crippen molar-refractivity contribution in [2.75, 3.05) is 11.9 Å². The van der Waals surface area contributed by atoms with Crippen LogP contribution in [-0.4, -0.2) is 22.6 Å². The lowest BCUT2D eigenvalue weighted by atomic mass is 10.0. The molecule has 7 heteroatoms. The standard InChI is InChI=1S/C16H17F2N3O2/c1-9-15(10(2)23-20-9)14-4-3-7-21(14)16(22)19-13-6-5-11(17)8-12(13)18/h5-6,8,14H,3-4,7H2,1-2H3,(H,19,22)/t14-/m0/s1. The predicted molar refractivity (Wildman–Crippen MR) is 80.0 cm³/mol. The Morgan fingerprint density at radius 2 is 2.17 bits per heavy atom. The molecule has 122 valence electrons. The number of hydrogen-bond donors (Lipinski definition) is 1. The molecule has 2 amide bonds. The summed E-state index contributed by atoms with van der Waals surface area (Å²) in [7, 11) is 0. The minimum Gasteiger partial charge on any atom is -0.361 e. The number of nitrogens with one attached hydrogen (secondary N) is 1. The van der Waals surface area contributed by atoms with E-state index in [1.54, 1.807) is 4.90 Å². The SMILES string of the molecule is Cc1noc(C)c1[C@@H]1CCCN1C(=O)Nc1ccc(F)cc1F. The molecule has 3 rings (SSSR count). The number of carbonyl (C=O) groups excluding carboxylic acids is 1. The molecule has 0 saturated carbocycles. The van der Waals surface area contributed by atoms with Gasteiger partial charge in [-0.25, -0.2) is 13.6 Å². The van der Waals surface area contributed by atoms with Crippen LogP contribution in [0.2, 0.25) is 0 Å². The summed E-state index contributed by atoms with van der Waals surface area (Å²) in [6.07, 6.45) is 1.64. The minimum absolute atomic E-state index is 0.0409. The summed E-state index contributed by atoms with van der Waals surface area (Å²) in [6, 6.07) is 2.49. The second-order valence-corrected chi connectivity index (χ2v) is 5.64. The van der Waals surface area contributed by atoms with Gasteiger partial charge in [-0.1, -0.05) is 5.16 Å². The Labute approximate surface area is 132 Å². The number of likely N-dealkylation sites (tertiary alicyclic amines) is 1. The zero-order valence-electron chi connectivity index (χ0n) is 12.9. The fraction of sp³-hybridized carbons (Fsp3) is 0.375. The van der Waals surface area contributed by atoms with Crippen LogP contribution in [0.1, 0.15) is 35.9 Å². The van der Waals surface area contributed by atoms with Crippen molar-refractivity contribution in [2.24, 2.45) is 0 Å². The molecule has 1 aliphatic heterocycles. The number of carbonyl (C=O) groups is 1. The molecule has 1 aromatic heterocycles. The van der Waals surface area contributed by atoms with Gasteiger partial charge in [0, 0.05) is 18.2 Å². The molecule has 1 N–H and O–H groups in total. The number of aromatic nitrogens is 1. The first-order chi connectivity index (χ1) is 11.0. The monoisotopic (exact) mass is 321 g/mol. The normalized spacial score (nSPS) is 17.6. The number of nitrogens with zero attached hydrogens (tertiary/aromatic N) is 2. The maximum atomic E-state index is 13.7. The summed E-state index contributed by atoms with van der Waals surface area (Å²) in [5.41, 5.74) is 1.61. The minimum atomic E-state index is -0.800. The van der Waals surface area contributed by atoms with E-state index in [-0.39, 0.29) is 11.7 Å². The van der Waals surface area contributed by atoms with Crippen LogP contribution >= 0.6 is 0 Å². The van der Waals surface area contributed by atoms with E-state index in [2.05, 4.69) is 10.5 Å². The van der Waals surface area contributed by atoms with Crippen LogP contribution in [0.25, 0.3) is 0 Å². The molecule has 0 spiro atoms. The van der Waals surface area contributed by atoms with Gasteiger partial charge >= 0.3 is 6.03 Å². The average Bonchev–Trinajstić information content (AvgIpc) is 3.08. The van der Waals surface area contributed by atoms with Gasteiger partial charge in [0.1, 0.15) is 17.4 Å². The highest BCUT2D eigenvalue weighted by Gasteiger charge is 2.34. The van der Waals surface area contributed by atoms with Crippen LogP contribution < -0.4 is 5.32 Å². The fourth-order valence-corrected chi connectivity index (χ4v) is 3.05. The van der Waals surface area contributed by atoms with E-state index in [1.807, 2.05) is 13.8 Å². The van der Waals surface area contributed by atoms with Crippen LogP contribution in [0, 0.1) is 25.5 Å². The van der Waals surface area contributed by atoms with Crippen molar-refractivity contribution >= 4 is 11.7 Å². The number of benzene rings is 1. The van der Waals surface area contributed by atoms with Gasteiger partial charge in [-0.3, -0.25) is 0 Å². The Hall–Kier alpha value is -2.44. The Morgan fingerprint density at radius 1 is 1.39 bits per heavy atom. The molecule has 5 nitrogen and oxygen atoms in total. The molecule has 0 bridgehead atoms. The largest absolute Gasteiger partial charge is 0.361 e. The highest BCUT2D eigenvalue weighted by Crippen LogP contribution is 2.36. The van der Waals surface area contributed by atoms with Gasteiger partial charge in [-0.15, -0.1) is 0 Å². The smallest absolute Gasteiger partial charge is 0.322 e. The number of anilines is 1. The summed E-state index contributed by atoms with van der Waals surface area (Å²) < 4.78 is 31.8. The molecule has 1 aromatic carbocycles. The van der Waals surface area contributed by atoms with Crippen LogP contribution in [0.4, 0.5) is 19.3 Å². The van der Waals surface area contributed by atoms with Gasteiger partial charge in [-0.05, 0) is 38.8 Å². The molecular weight excluding hydrogens is 304 g/mol. The van der Waals surface area contributed by atoms with E-state index in [9.17, 15) is 13.6 Å². The summed E-state index contributed by atoms with van der Waals surface area (Å²) in [6.45, 7) is 4.20. The Kier molecular flexibility index (Phi) is 4.02. The van der Waals surface area contributed by atoms with Crippen LogP contribution in [0.5, 0.6) is 0 Å². The first kappa shape index (κ1) is 15.5. The number of halogens is 2. The zero-order chi connectivity index (χ0) is 16.6. The topological polar surface area (TPSA) is 58.4 Å². The summed E-state index contributed by atoms with van der Waals surface area (Å²) in [5.74, 6) is -0.804. The van der Waals surface area contributed by atoms with E-state index < -0.39 is 17.7 Å². The van der Waals surface area contributed by atoms with E-state index in [0.717, 1.165) is 36.2 Å². The number of aryl methyl sites for hydroxylation is 2. The Bertz CT molecular complexity index is 725. The number of rotatable bonds is 2. The molecule has 1 fully saturated rings. The van der Waals surface area contributed by atoms with E-state index in [0.29, 0.717) is 12.3 Å². The van der Waals surface area contributed by atoms with Crippen molar-refractivity contribution in [3.05, 3.63) is 46.9 Å². The number of amides is 2. The van der Waals surface area contributed by atoms with Crippen molar-refractivity contribution in [2.45, 2.75) is 32.7 Å². The van der Waals surface area contributed by atoms with Gasteiger partial charge in [0.05, 0.1) is 17.4 Å². The van der Waals surface area contributed by atoms with Crippen molar-refractivity contribution in [3.63, 3.8) is 0 Å². The Morgan fingerprint density at radius 3 is 2.83 bits per heavy atom. The van der Waals surface area contributed by atoms with Gasteiger partial charge in [0.2, 0.25) is 0 Å². The van der Waals surface area contributed by atoms with E-state index in [1.165, 1.54) is 6.07 Å². The molecule has 2 heterocycles. The molecule has 0 aliphatic carbocycles. The Balaban J connectivity index is 1.81. The molecular formula is C16H17F2N3O2. The van der Waals surface area contributed by atoms with Crippen LogP contribution in [-0.2, 0) is 0 Å². The molecule has 1 saturated heterocycles. The van der Waals surface area contributed by atoms with Crippen LogP contribution in [0.15, 0.2) is 22.7 Å². The first-order valence-corrected chi connectivity index (χ1v) is 7.43. The van der Waals surface area contributed by atoms with Gasteiger partial charge < -0.3 is 14.7 Å². The molecule has 0 radical (unpaired) electrons. The lowest BCUT2D eigenvalue weighted by Crippen LogP contribution is -2.35. The third-order valence-corrected chi connectivity index (χ3v) is 4.11. The van der Waals surface area contributed by atoms with Crippen molar-refractivity contribution in [1.82, 2.24) is 10.1 Å². The second kappa shape index (κ2) is 5.98. The lowest BCUT2D eigenvalue weighted by molar-refractivity contribution is 0.206. The number of urea groups is 1. The second-order valence-electron chi connectivity index (χ2n) is 5.64. The van der Waals surface area contributed by atoms with Crippen molar-refractivity contribution in [1.29, 1.82) is 0 Å². The maximum absolute atomic E-state index is 13.7. The van der Waals surface area contributed by atoms with E-state index in [4.69, 9.17) is 4.52 Å². The molecule has 0 unspecified atom stereocenters. The molecule has 1 aliphatic rings. The first-order valence-electron chi connectivity index (χ1n) is 7.43.